The van der Waals surface area contributed by atoms with Gasteiger partial charge in [-0.05, 0) is 19.1 Å². The number of carbonyl (C=O) groups excluding carboxylic acids is 3. The maximum Gasteiger partial charge on any atom is 0.383 e. The lowest BCUT2D eigenvalue weighted by Crippen LogP contribution is -2.19. The van der Waals surface area contributed by atoms with E-state index in [0.717, 1.165) is 17.2 Å². The van der Waals surface area contributed by atoms with E-state index in [4.69, 9.17) is 0 Å². The van der Waals surface area contributed by atoms with Crippen LogP contribution >= 0.6 is 11.8 Å². The highest BCUT2D eigenvalue weighted by Gasteiger charge is 2.20. The Morgan fingerprint density at radius 2 is 1.95 bits per heavy atom. The van der Waals surface area contributed by atoms with Gasteiger partial charge in [0.15, 0.2) is 5.76 Å². The molecule has 1 N–H and O–H groups in total. The number of ketones is 1. The van der Waals surface area contributed by atoms with Crippen LogP contribution in [-0.4, -0.2) is 36.5 Å². The molecule has 0 saturated heterocycles. The summed E-state index contributed by atoms with van der Waals surface area (Å²) in [4.78, 5) is 34.6. The molecular formula is C14H14O6S. The number of hydrogen-bond acceptors (Lipinski definition) is 7. The highest BCUT2D eigenvalue weighted by atomic mass is 32.2. The summed E-state index contributed by atoms with van der Waals surface area (Å²) in [5.74, 6) is -3.56. The van der Waals surface area contributed by atoms with E-state index in [0.29, 0.717) is 4.90 Å². The van der Waals surface area contributed by atoms with Gasteiger partial charge in [0.2, 0.25) is 0 Å². The monoisotopic (exact) mass is 310 g/mol. The van der Waals surface area contributed by atoms with Crippen LogP contribution in [0.15, 0.2) is 40.3 Å². The summed E-state index contributed by atoms with van der Waals surface area (Å²) in [5.41, 5.74) is 0.289. The molecule has 0 spiro atoms. The van der Waals surface area contributed by atoms with Gasteiger partial charge in [0.05, 0.1) is 19.3 Å². The van der Waals surface area contributed by atoms with Crippen LogP contribution < -0.4 is 0 Å². The van der Waals surface area contributed by atoms with Crippen molar-refractivity contribution in [1.29, 1.82) is 0 Å². The Kier molecular flexibility index (Phi) is 6.48. The lowest BCUT2D eigenvalue weighted by molar-refractivity contribution is -0.152. The minimum absolute atomic E-state index is 0.0379. The first-order valence-corrected chi connectivity index (χ1v) is 6.83. The third-order valence-corrected chi connectivity index (χ3v) is 3.23. The van der Waals surface area contributed by atoms with Crippen molar-refractivity contribution < 1.29 is 29.0 Å². The third-order valence-electron chi connectivity index (χ3n) is 2.28. The maximum absolute atomic E-state index is 11.5. The molecule has 0 aliphatic carbocycles. The SMILES string of the molecule is CCOC(=O)C(=O)/C(O)=C/Sc1ccccc1C(=O)OC. The minimum Gasteiger partial charge on any atom is -0.504 e. The molecule has 0 aliphatic rings. The molecular weight excluding hydrogens is 296 g/mol. The van der Waals surface area contributed by atoms with Crippen molar-refractivity contribution in [2.75, 3.05) is 13.7 Å². The van der Waals surface area contributed by atoms with Gasteiger partial charge in [0, 0.05) is 10.3 Å². The predicted molar refractivity (Wildman–Crippen MR) is 76.0 cm³/mol. The standard InChI is InChI=1S/C14H14O6S/c1-3-20-14(18)12(16)10(15)8-21-11-7-5-4-6-9(11)13(17)19-2/h4-8,15H,3H2,1-2H3/b10-8-. The van der Waals surface area contributed by atoms with E-state index in [1.54, 1.807) is 31.2 Å². The molecule has 0 saturated carbocycles. The quantitative estimate of drug-likeness (QED) is 0.283. The van der Waals surface area contributed by atoms with E-state index in [9.17, 15) is 19.5 Å². The van der Waals surface area contributed by atoms with E-state index < -0.39 is 23.5 Å². The normalized spacial score (nSPS) is 10.9. The van der Waals surface area contributed by atoms with E-state index in [-0.39, 0.29) is 12.2 Å². The zero-order valence-corrected chi connectivity index (χ0v) is 12.3. The number of ether oxygens (including phenoxy) is 2. The van der Waals surface area contributed by atoms with Gasteiger partial charge in [-0.25, -0.2) is 9.59 Å². The first-order valence-electron chi connectivity index (χ1n) is 5.95. The largest absolute Gasteiger partial charge is 0.504 e. The van der Waals surface area contributed by atoms with Crippen LogP contribution in [0.3, 0.4) is 0 Å². The molecule has 0 heterocycles. The third kappa shape index (κ3) is 4.64. The van der Waals surface area contributed by atoms with Gasteiger partial charge in [-0.1, -0.05) is 23.9 Å². The zero-order chi connectivity index (χ0) is 15.8. The van der Waals surface area contributed by atoms with Gasteiger partial charge < -0.3 is 14.6 Å². The van der Waals surface area contributed by atoms with Gasteiger partial charge in [-0.2, -0.15) is 0 Å². The molecule has 0 unspecified atom stereocenters. The lowest BCUT2D eigenvalue weighted by atomic mass is 10.2. The Balaban J connectivity index is 2.87. The Morgan fingerprint density at radius 3 is 2.57 bits per heavy atom. The van der Waals surface area contributed by atoms with Gasteiger partial charge >= 0.3 is 17.7 Å². The Bertz CT molecular complexity index is 579. The second kappa shape index (κ2) is 8.11. The van der Waals surface area contributed by atoms with Crippen LogP contribution in [0, 0.1) is 0 Å². The average Bonchev–Trinajstić information content (AvgIpc) is 2.51. The molecule has 0 radical (unpaired) electrons. The van der Waals surface area contributed by atoms with E-state index >= 15 is 0 Å². The summed E-state index contributed by atoms with van der Waals surface area (Å²) >= 11 is 0.921. The van der Waals surface area contributed by atoms with Crippen LogP contribution in [0.1, 0.15) is 17.3 Å². The molecule has 0 amide bonds. The first kappa shape index (κ1) is 16.8. The summed E-state index contributed by atoms with van der Waals surface area (Å²) in [6, 6.07) is 6.51. The molecule has 1 rings (SSSR count). The van der Waals surface area contributed by atoms with Gasteiger partial charge in [0.25, 0.3) is 0 Å². The number of rotatable bonds is 6. The topological polar surface area (TPSA) is 89.9 Å². The van der Waals surface area contributed by atoms with Crippen LogP contribution in [0.4, 0.5) is 0 Å². The highest BCUT2D eigenvalue weighted by molar-refractivity contribution is 8.02. The molecule has 0 bridgehead atoms. The predicted octanol–water partition coefficient (Wildman–Crippen LogP) is 2.10. The van der Waals surface area contributed by atoms with Gasteiger partial charge in [-0.15, -0.1) is 0 Å². The minimum atomic E-state index is -1.14. The number of aliphatic hydroxyl groups excluding tert-OH is 1. The number of carbonyl (C=O) groups is 3. The number of Topliss-reactive ketones (excluding diaryl/α,β-unsaturated/α-hetero) is 1. The summed E-state index contributed by atoms with van der Waals surface area (Å²) in [6.45, 7) is 1.59. The van der Waals surface area contributed by atoms with Crippen molar-refractivity contribution in [3.05, 3.63) is 41.0 Å². The fourth-order valence-electron chi connectivity index (χ4n) is 1.32. The molecule has 0 aliphatic heterocycles. The van der Waals surface area contributed by atoms with E-state index in [1.807, 2.05) is 0 Å². The fraction of sp³-hybridized carbons (Fsp3) is 0.214. The molecule has 0 aromatic heterocycles. The smallest absolute Gasteiger partial charge is 0.383 e. The molecule has 1 aromatic rings. The van der Waals surface area contributed by atoms with Crippen LogP contribution in [0.25, 0.3) is 0 Å². The number of hydrogen-bond donors (Lipinski definition) is 1. The lowest BCUT2D eigenvalue weighted by Gasteiger charge is -2.05. The first-order chi connectivity index (χ1) is 10.0. The Hall–Kier alpha value is -2.28. The van der Waals surface area contributed by atoms with Crippen LogP contribution in [-0.2, 0) is 19.1 Å². The zero-order valence-electron chi connectivity index (χ0n) is 11.5. The van der Waals surface area contributed by atoms with Crippen LogP contribution in [0.2, 0.25) is 0 Å². The van der Waals surface area contributed by atoms with Crippen molar-refractivity contribution in [3.8, 4) is 0 Å². The van der Waals surface area contributed by atoms with Gasteiger partial charge in [-0.3, -0.25) is 4.79 Å². The highest BCUT2D eigenvalue weighted by Crippen LogP contribution is 2.25. The number of methoxy groups -OCH3 is 1. The van der Waals surface area contributed by atoms with E-state index in [2.05, 4.69) is 9.47 Å². The molecule has 21 heavy (non-hydrogen) atoms. The second-order valence-corrected chi connectivity index (χ2v) is 4.57. The summed E-state index contributed by atoms with van der Waals surface area (Å²) in [7, 11) is 1.25. The van der Waals surface area contributed by atoms with Crippen molar-refractivity contribution >= 4 is 29.5 Å². The molecule has 112 valence electrons. The van der Waals surface area contributed by atoms with Crippen LogP contribution in [0.5, 0.6) is 0 Å². The molecule has 0 atom stereocenters. The summed E-state index contributed by atoms with van der Waals surface area (Å²) in [5, 5.41) is 10.6. The number of aliphatic hydroxyl groups is 1. The second-order valence-electron chi connectivity index (χ2n) is 3.66. The van der Waals surface area contributed by atoms with Crippen molar-refractivity contribution in [1.82, 2.24) is 0 Å². The van der Waals surface area contributed by atoms with E-state index in [1.165, 1.54) is 7.11 Å². The molecule has 0 fully saturated rings. The number of thioether (sulfide) groups is 1. The average molecular weight is 310 g/mol. The molecule has 6 nitrogen and oxygen atoms in total. The Labute approximate surface area is 125 Å². The number of esters is 2. The van der Waals surface area contributed by atoms with Crippen molar-refractivity contribution in [2.24, 2.45) is 0 Å². The molecule has 7 heteroatoms. The van der Waals surface area contributed by atoms with Gasteiger partial charge in [0.1, 0.15) is 0 Å². The molecule has 1 aromatic carbocycles. The summed E-state index contributed by atoms with van der Waals surface area (Å²) in [6.07, 6.45) is 0. The maximum atomic E-state index is 11.5. The fourth-order valence-corrected chi connectivity index (χ4v) is 2.10. The van der Waals surface area contributed by atoms with Crippen molar-refractivity contribution in [2.45, 2.75) is 11.8 Å². The van der Waals surface area contributed by atoms with Crippen molar-refractivity contribution in [3.63, 3.8) is 0 Å². The number of benzene rings is 1. The Morgan fingerprint density at radius 1 is 1.29 bits per heavy atom. The summed E-state index contributed by atoms with van der Waals surface area (Å²) < 4.78 is 9.11.